The van der Waals surface area contributed by atoms with Crippen molar-refractivity contribution in [1.82, 2.24) is 10.2 Å². The minimum Gasteiger partial charge on any atom is -0.350 e. The number of rotatable bonds is 3. The lowest BCUT2D eigenvalue weighted by atomic mass is 10.0. The largest absolute Gasteiger partial charge is 0.350 e. The molecule has 1 saturated heterocycles. The molecule has 1 fully saturated rings. The molecule has 3 nitrogen and oxygen atoms in total. The number of nitrogens with one attached hydrogen (secondary N) is 1. The molecule has 0 bridgehead atoms. The molecule has 1 amide bonds. The number of nitrogens with zero attached hydrogens (tertiary/aromatic N) is 1. The first-order valence-corrected chi connectivity index (χ1v) is 5.95. The van der Waals surface area contributed by atoms with Gasteiger partial charge in [0, 0.05) is 17.5 Å². The van der Waals surface area contributed by atoms with Gasteiger partial charge in [-0.05, 0) is 33.7 Å². The highest BCUT2D eigenvalue weighted by Crippen LogP contribution is 2.21. The molecule has 0 spiro atoms. The van der Waals surface area contributed by atoms with E-state index >= 15 is 0 Å². The fourth-order valence-corrected chi connectivity index (χ4v) is 2.14. The van der Waals surface area contributed by atoms with Crippen LogP contribution in [-0.4, -0.2) is 41.4 Å². The van der Waals surface area contributed by atoms with E-state index in [1.807, 2.05) is 25.8 Å². The Hall–Kier alpha value is -0.280. The highest BCUT2D eigenvalue weighted by molar-refractivity contribution is 6.21. The van der Waals surface area contributed by atoms with Crippen LogP contribution in [0, 0.1) is 0 Å². The average molecular weight is 233 g/mol. The number of hydrogen-bond donors (Lipinski definition) is 1. The van der Waals surface area contributed by atoms with E-state index in [1.165, 1.54) is 0 Å². The van der Waals surface area contributed by atoms with Crippen molar-refractivity contribution in [3.05, 3.63) is 0 Å². The van der Waals surface area contributed by atoms with Gasteiger partial charge in [0.2, 0.25) is 5.91 Å². The Bertz CT molecular complexity index is 243. The van der Waals surface area contributed by atoms with Gasteiger partial charge in [-0.1, -0.05) is 6.92 Å². The highest BCUT2D eigenvalue weighted by atomic mass is 35.5. The van der Waals surface area contributed by atoms with E-state index in [9.17, 15) is 4.79 Å². The number of amides is 1. The zero-order valence-electron chi connectivity index (χ0n) is 10.0. The molecule has 1 aliphatic rings. The van der Waals surface area contributed by atoms with Crippen molar-refractivity contribution < 1.29 is 4.79 Å². The van der Waals surface area contributed by atoms with Gasteiger partial charge in [0.05, 0.1) is 6.04 Å². The Kier molecular flexibility index (Phi) is 4.01. The molecule has 0 aromatic rings. The Morgan fingerprint density at radius 3 is 2.60 bits per heavy atom. The summed E-state index contributed by atoms with van der Waals surface area (Å²) in [6.07, 6.45) is 1.68. The van der Waals surface area contributed by atoms with Gasteiger partial charge in [-0.2, -0.15) is 0 Å². The molecule has 0 aromatic heterocycles. The summed E-state index contributed by atoms with van der Waals surface area (Å²) in [6.45, 7) is 6.95. The second-order valence-electron chi connectivity index (χ2n) is 5.02. The molecular weight excluding hydrogens is 212 g/mol. The summed E-state index contributed by atoms with van der Waals surface area (Å²) in [5.41, 5.74) is -0.123. The summed E-state index contributed by atoms with van der Waals surface area (Å²) in [4.78, 5) is 14.0. The van der Waals surface area contributed by atoms with E-state index in [1.54, 1.807) is 0 Å². The maximum atomic E-state index is 12.0. The lowest BCUT2D eigenvalue weighted by Crippen LogP contribution is -2.50. The predicted octanol–water partition coefficient (Wildman–Crippen LogP) is 1.60. The number of halogens is 1. The molecule has 88 valence electrons. The fraction of sp³-hybridized carbons (Fsp3) is 0.909. The van der Waals surface area contributed by atoms with Gasteiger partial charge in [0.15, 0.2) is 0 Å². The molecule has 2 unspecified atom stereocenters. The van der Waals surface area contributed by atoms with Crippen molar-refractivity contribution in [2.75, 3.05) is 13.6 Å². The molecule has 0 aliphatic carbocycles. The van der Waals surface area contributed by atoms with Gasteiger partial charge < -0.3 is 5.32 Å². The topological polar surface area (TPSA) is 32.3 Å². The van der Waals surface area contributed by atoms with Gasteiger partial charge in [0.1, 0.15) is 0 Å². The predicted molar refractivity (Wildman–Crippen MR) is 63.2 cm³/mol. The first kappa shape index (κ1) is 12.8. The fourth-order valence-electron chi connectivity index (χ4n) is 1.75. The minimum absolute atomic E-state index is 0.0571. The first-order valence-electron chi connectivity index (χ1n) is 5.52. The molecule has 0 aromatic carbocycles. The lowest BCUT2D eigenvalue weighted by Gasteiger charge is -2.28. The quantitative estimate of drug-likeness (QED) is 0.750. The maximum Gasteiger partial charge on any atom is 0.237 e. The van der Waals surface area contributed by atoms with Gasteiger partial charge in [-0.3, -0.25) is 9.69 Å². The molecule has 1 N–H and O–H groups in total. The maximum absolute atomic E-state index is 12.0. The molecule has 2 atom stereocenters. The van der Waals surface area contributed by atoms with Crippen molar-refractivity contribution in [2.24, 2.45) is 0 Å². The van der Waals surface area contributed by atoms with E-state index < -0.39 is 0 Å². The highest BCUT2D eigenvalue weighted by Gasteiger charge is 2.35. The van der Waals surface area contributed by atoms with Crippen LogP contribution in [0.4, 0.5) is 0 Å². The van der Waals surface area contributed by atoms with Crippen LogP contribution in [0.2, 0.25) is 0 Å². The monoisotopic (exact) mass is 232 g/mol. The van der Waals surface area contributed by atoms with E-state index in [0.717, 1.165) is 19.4 Å². The van der Waals surface area contributed by atoms with Gasteiger partial charge in [0.25, 0.3) is 0 Å². The SMILES string of the molecule is CCC(C)(C)NC(=O)C1CC(Cl)CN1C. The van der Waals surface area contributed by atoms with E-state index in [2.05, 4.69) is 12.2 Å². The van der Waals surface area contributed by atoms with Crippen molar-refractivity contribution in [1.29, 1.82) is 0 Å². The van der Waals surface area contributed by atoms with Gasteiger partial charge >= 0.3 is 0 Å². The van der Waals surface area contributed by atoms with Crippen LogP contribution in [0.3, 0.4) is 0 Å². The van der Waals surface area contributed by atoms with Gasteiger partial charge in [-0.15, -0.1) is 11.6 Å². The molecular formula is C11H21ClN2O. The Morgan fingerprint density at radius 2 is 2.20 bits per heavy atom. The summed E-state index contributed by atoms with van der Waals surface area (Å²) < 4.78 is 0. The zero-order chi connectivity index (χ0) is 11.6. The van der Waals surface area contributed by atoms with Crippen molar-refractivity contribution in [3.8, 4) is 0 Å². The van der Waals surface area contributed by atoms with Crippen molar-refractivity contribution >= 4 is 17.5 Å². The van der Waals surface area contributed by atoms with Crippen LogP contribution in [-0.2, 0) is 4.79 Å². The number of hydrogen-bond acceptors (Lipinski definition) is 2. The van der Waals surface area contributed by atoms with Crippen LogP contribution >= 0.6 is 11.6 Å². The lowest BCUT2D eigenvalue weighted by molar-refractivity contribution is -0.126. The van der Waals surface area contributed by atoms with Crippen molar-refractivity contribution in [2.45, 2.75) is 50.6 Å². The second-order valence-corrected chi connectivity index (χ2v) is 5.63. The Balaban J connectivity index is 2.54. The van der Waals surface area contributed by atoms with Crippen LogP contribution in [0.25, 0.3) is 0 Å². The molecule has 15 heavy (non-hydrogen) atoms. The number of alkyl halides is 1. The molecule has 4 heteroatoms. The standard InChI is InChI=1S/C11H21ClN2O/c1-5-11(2,3)13-10(15)9-6-8(12)7-14(9)4/h8-9H,5-7H2,1-4H3,(H,13,15). The molecule has 1 aliphatic heterocycles. The molecule has 1 rings (SSSR count). The number of likely N-dealkylation sites (tertiary alicyclic amines) is 1. The minimum atomic E-state index is -0.123. The number of carbonyl (C=O) groups excluding carboxylic acids is 1. The summed E-state index contributed by atoms with van der Waals surface area (Å²) >= 11 is 6.03. The Labute approximate surface area is 97.2 Å². The van der Waals surface area contributed by atoms with Crippen LogP contribution in [0.1, 0.15) is 33.6 Å². The van der Waals surface area contributed by atoms with E-state index in [0.29, 0.717) is 0 Å². The summed E-state index contributed by atoms with van der Waals surface area (Å²) in [7, 11) is 1.95. The van der Waals surface area contributed by atoms with Crippen LogP contribution in [0.5, 0.6) is 0 Å². The molecule has 0 radical (unpaired) electrons. The van der Waals surface area contributed by atoms with E-state index in [-0.39, 0.29) is 22.9 Å². The zero-order valence-corrected chi connectivity index (χ0v) is 10.8. The third kappa shape index (κ3) is 3.35. The summed E-state index contributed by atoms with van der Waals surface area (Å²) in [5, 5.41) is 3.17. The summed E-state index contributed by atoms with van der Waals surface area (Å²) in [5.74, 6) is 0.104. The van der Waals surface area contributed by atoms with E-state index in [4.69, 9.17) is 11.6 Å². The molecule has 1 heterocycles. The molecule has 0 saturated carbocycles. The van der Waals surface area contributed by atoms with Crippen LogP contribution in [0.15, 0.2) is 0 Å². The van der Waals surface area contributed by atoms with Crippen molar-refractivity contribution in [3.63, 3.8) is 0 Å². The number of likely N-dealkylation sites (N-methyl/N-ethyl adjacent to an activating group) is 1. The average Bonchev–Trinajstić information content (AvgIpc) is 2.45. The second kappa shape index (κ2) is 4.71. The van der Waals surface area contributed by atoms with Crippen LogP contribution < -0.4 is 5.32 Å². The first-order chi connectivity index (χ1) is 6.85. The Morgan fingerprint density at radius 1 is 1.60 bits per heavy atom. The van der Waals surface area contributed by atoms with Gasteiger partial charge in [-0.25, -0.2) is 0 Å². The number of carbonyl (C=O) groups is 1. The summed E-state index contributed by atoms with van der Waals surface area (Å²) in [6, 6.07) is -0.0571. The third-order valence-electron chi connectivity index (χ3n) is 3.15. The normalized spacial score (nSPS) is 28.1. The third-order valence-corrected chi connectivity index (χ3v) is 3.46. The smallest absolute Gasteiger partial charge is 0.237 e.